The molecule has 0 bridgehead atoms. The van der Waals surface area contributed by atoms with Crippen molar-refractivity contribution in [3.63, 3.8) is 0 Å². The van der Waals surface area contributed by atoms with E-state index in [1.54, 1.807) is 0 Å². The molecular weight excluding hydrogens is 338 g/mol. The first-order valence-corrected chi connectivity index (χ1v) is 9.60. The minimum Gasteiger partial charge on any atom is -0.349 e. The van der Waals surface area contributed by atoms with Crippen molar-refractivity contribution >= 4 is 5.91 Å². The van der Waals surface area contributed by atoms with Crippen molar-refractivity contribution in [2.75, 3.05) is 6.54 Å². The average Bonchev–Trinajstić information content (AvgIpc) is 3.35. The molecule has 1 saturated heterocycles. The second kappa shape index (κ2) is 7.78. The Morgan fingerprint density at radius 1 is 1.26 bits per heavy atom. The highest BCUT2D eigenvalue weighted by molar-refractivity contribution is 5.93. The molecule has 1 aliphatic heterocycles. The molecule has 1 unspecified atom stereocenters. The largest absolute Gasteiger partial charge is 0.349 e. The number of aryl methyl sites for hydroxylation is 2. The van der Waals surface area contributed by atoms with E-state index in [2.05, 4.69) is 21.2 Å². The molecule has 27 heavy (non-hydrogen) atoms. The Morgan fingerprint density at radius 3 is 2.96 bits per heavy atom. The van der Waals surface area contributed by atoms with Crippen LogP contribution in [0.3, 0.4) is 0 Å². The average molecular weight is 363 g/mol. The summed E-state index contributed by atoms with van der Waals surface area (Å²) in [5.41, 5.74) is 3.45. The van der Waals surface area contributed by atoms with Crippen LogP contribution in [0.5, 0.6) is 0 Å². The summed E-state index contributed by atoms with van der Waals surface area (Å²) in [5.74, 6) is 0.0497. The highest BCUT2D eigenvalue weighted by Crippen LogP contribution is 2.24. The summed E-state index contributed by atoms with van der Waals surface area (Å²) in [4.78, 5) is 19.6. The third-order valence-electron chi connectivity index (χ3n) is 5.36. The lowest BCUT2D eigenvalue weighted by atomic mass is 9.96. The van der Waals surface area contributed by atoms with Gasteiger partial charge in [-0.15, -0.1) is 0 Å². The molecular formula is C21H25N5O. The topological polar surface area (TPSA) is 66.8 Å². The van der Waals surface area contributed by atoms with Crippen LogP contribution in [0, 0.1) is 0 Å². The van der Waals surface area contributed by atoms with Gasteiger partial charge in [0, 0.05) is 37.7 Å². The Bertz CT molecular complexity index is 898. The number of carbonyl (C=O) groups is 1. The van der Waals surface area contributed by atoms with E-state index in [-0.39, 0.29) is 11.9 Å². The molecule has 1 fully saturated rings. The molecule has 0 aromatic carbocycles. The van der Waals surface area contributed by atoms with Gasteiger partial charge in [-0.25, -0.2) is 0 Å². The molecule has 1 aliphatic rings. The van der Waals surface area contributed by atoms with Crippen LogP contribution in [-0.2, 0) is 13.5 Å². The van der Waals surface area contributed by atoms with E-state index >= 15 is 0 Å². The number of nitrogens with one attached hydrogen (secondary N) is 1. The number of aromatic amines is 1. The second-order valence-electron chi connectivity index (χ2n) is 7.18. The van der Waals surface area contributed by atoms with E-state index in [0.717, 1.165) is 49.3 Å². The number of aromatic nitrogens is 4. The van der Waals surface area contributed by atoms with Gasteiger partial charge in [0.05, 0.1) is 5.69 Å². The van der Waals surface area contributed by atoms with Gasteiger partial charge in [0.2, 0.25) is 0 Å². The maximum absolute atomic E-state index is 13.1. The number of likely N-dealkylation sites (tertiary alicyclic amines) is 1. The molecule has 4 rings (SSSR count). The highest BCUT2D eigenvalue weighted by atomic mass is 16.2. The first kappa shape index (κ1) is 17.5. The summed E-state index contributed by atoms with van der Waals surface area (Å²) in [7, 11) is 1.98. The van der Waals surface area contributed by atoms with Gasteiger partial charge in [0.25, 0.3) is 5.91 Å². The van der Waals surface area contributed by atoms with Crippen LogP contribution >= 0.6 is 0 Å². The molecule has 1 atom stereocenters. The van der Waals surface area contributed by atoms with Gasteiger partial charge < -0.3 is 9.47 Å². The molecule has 4 heterocycles. The number of hydrogen-bond donors (Lipinski definition) is 1. The van der Waals surface area contributed by atoms with Crippen LogP contribution in [0.2, 0.25) is 0 Å². The number of hydrogen-bond acceptors (Lipinski definition) is 3. The molecule has 3 aromatic heterocycles. The Kier molecular flexibility index (Phi) is 5.05. The fraction of sp³-hybridized carbons (Fsp3) is 0.381. The quantitative estimate of drug-likeness (QED) is 0.755. The summed E-state index contributed by atoms with van der Waals surface area (Å²) < 4.78 is 2.00. The third-order valence-corrected chi connectivity index (χ3v) is 5.36. The lowest BCUT2D eigenvalue weighted by molar-refractivity contribution is 0.0595. The minimum atomic E-state index is 0.0497. The van der Waals surface area contributed by atoms with Crippen LogP contribution in [0.15, 0.2) is 48.8 Å². The zero-order valence-electron chi connectivity index (χ0n) is 15.6. The summed E-state index contributed by atoms with van der Waals surface area (Å²) in [5, 5.41) is 7.30. The number of piperidine rings is 1. The summed E-state index contributed by atoms with van der Waals surface area (Å²) in [6.07, 6.45) is 8.93. The fourth-order valence-corrected chi connectivity index (χ4v) is 3.87. The van der Waals surface area contributed by atoms with E-state index in [1.807, 2.05) is 59.2 Å². The lowest BCUT2D eigenvalue weighted by Crippen LogP contribution is -2.44. The Hall–Kier alpha value is -2.89. The second-order valence-corrected chi connectivity index (χ2v) is 7.18. The van der Waals surface area contributed by atoms with Gasteiger partial charge in [-0.2, -0.15) is 5.10 Å². The molecule has 6 nitrogen and oxygen atoms in total. The normalized spacial score (nSPS) is 17.2. The molecule has 0 saturated carbocycles. The van der Waals surface area contributed by atoms with Crippen LogP contribution in [0.25, 0.3) is 11.4 Å². The number of H-pyrrole nitrogens is 1. The van der Waals surface area contributed by atoms with Crippen molar-refractivity contribution in [2.45, 2.75) is 38.1 Å². The van der Waals surface area contributed by atoms with Crippen molar-refractivity contribution < 1.29 is 4.79 Å². The maximum Gasteiger partial charge on any atom is 0.272 e. The SMILES string of the molecule is Cn1cccc1-c1cc(C(=O)N2CCCCC2CCc2ccccn2)[nH]n1. The molecule has 1 N–H and O–H groups in total. The summed E-state index contributed by atoms with van der Waals surface area (Å²) >= 11 is 0. The van der Waals surface area contributed by atoms with Gasteiger partial charge in [-0.05, 0) is 62.4 Å². The van der Waals surface area contributed by atoms with Crippen molar-refractivity contribution in [1.82, 2.24) is 24.6 Å². The molecule has 140 valence electrons. The monoisotopic (exact) mass is 363 g/mol. The number of amides is 1. The molecule has 1 amide bonds. The van der Waals surface area contributed by atoms with E-state index < -0.39 is 0 Å². The van der Waals surface area contributed by atoms with Crippen molar-refractivity contribution in [2.24, 2.45) is 7.05 Å². The first-order valence-electron chi connectivity index (χ1n) is 9.60. The first-order chi connectivity index (χ1) is 13.2. The standard InChI is InChI=1S/C21H25N5O/c1-25-13-6-9-20(25)18-15-19(24-23-18)21(27)26-14-5-3-8-17(26)11-10-16-7-2-4-12-22-16/h2,4,6-7,9,12-13,15,17H,3,5,8,10-11,14H2,1H3,(H,23,24). The Balaban J connectivity index is 1.47. The minimum absolute atomic E-state index is 0.0497. The smallest absolute Gasteiger partial charge is 0.272 e. The van der Waals surface area contributed by atoms with Crippen LogP contribution in [-0.4, -0.2) is 43.1 Å². The van der Waals surface area contributed by atoms with Gasteiger partial charge in [0.1, 0.15) is 11.4 Å². The number of carbonyl (C=O) groups excluding carboxylic acids is 1. The Labute approximate surface area is 159 Å². The maximum atomic E-state index is 13.1. The summed E-state index contributed by atoms with van der Waals surface area (Å²) in [6, 6.07) is 12.1. The zero-order valence-corrected chi connectivity index (χ0v) is 15.6. The van der Waals surface area contributed by atoms with E-state index in [0.29, 0.717) is 5.69 Å². The fourth-order valence-electron chi connectivity index (χ4n) is 3.87. The van der Waals surface area contributed by atoms with Crippen LogP contribution in [0.4, 0.5) is 0 Å². The van der Waals surface area contributed by atoms with Crippen LogP contribution < -0.4 is 0 Å². The highest BCUT2D eigenvalue weighted by Gasteiger charge is 2.28. The molecule has 0 radical (unpaired) electrons. The predicted octanol–water partition coefficient (Wildman–Crippen LogP) is 3.44. The van der Waals surface area contributed by atoms with E-state index in [1.165, 1.54) is 6.42 Å². The van der Waals surface area contributed by atoms with E-state index in [9.17, 15) is 4.79 Å². The molecule has 0 spiro atoms. The predicted molar refractivity (Wildman–Crippen MR) is 104 cm³/mol. The van der Waals surface area contributed by atoms with Gasteiger partial charge in [-0.3, -0.25) is 14.9 Å². The van der Waals surface area contributed by atoms with Gasteiger partial charge >= 0.3 is 0 Å². The number of rotatable bonds is 5. The summed E-state index contributed by atoms with van der Waals surface area (Å²) in [6.45, 7) is 0.810. The zero-order chi connectivity index (χ0) is 18.6. The van der Waals surface area contributed by atoms with Crippen molar-refractivity contribution in [3.05, 3.63) is 60.2 Å². The third kappa shape index (κ3) is 3.79. The van der Waals surface area contributed by atoms with Crippen LogP contribution in [0.1, 0.15) is 41.9 Å². The van der Waals surface area contributed by atoms with Gasteiger partial charge in [-0.1, -0.05) is 6.07 Å². The Morgan fingerprint density at radius 2 is 2.19 bits per heavy atom. The molecule has 0 aliphatic carbocycles. The molecule has 6 heteroatoms. The van der Waals surface area contributed by atoms with Crippen molar-refractivity contribution in [1.29, 1.82) is 0 Å². The van der Waals surface area contributed by atoms with E-state index in [4.69, 9.17) is 0 Å². The molecule has 3 aromatic rings. The van der Waals surface area contributed by atoms with Gasteiger partial charge in [0.15, 0.2) is 0 Å². The number of pyridine rings is 1. The number of nitrogens with zero attached hydrogens (tertiary/aromatic N) is 4. The lowest BCUT2D eigenvalue weighted by Gasteiger charge is -2.35. The van der Waals surface area contributed by atoms with Crippen molar-refractivity contribution in [3.8, 4) is 11.4 Å².